The van der Waals surface area contributed by atoms with Crippen LogP contribution < -0.4 is 15.2 Å². The average Bonchev–Trinajstić information content (AvgIpc) is 2.97. The van der Waals surface area contributed by atoms with E-state index in [1.807, 2.05) is 11.8 Å². The molecule has 0 amide bonds. The predicted molar refractivity (Wildman–Crippen MR) is 106 cm³/mol. The van der Waals surface area contributed by atoms with Crippen molar-refractivity contribution in [1.82, 2.24) is 0 Å². The molecule has 1 aliphatic heterocycles. The van der Waals surface area contributed by atoms with Crippen LogP contribution in [0.3, 0.4) is 0 Å². The van der Waals surface area contributed by atoms with Gasteiger partial charge in [-0.3, -0.25) is 0 Å². The van der Waals surface area contributed by atoms with Crippen molar-refractivity contribution in [3.05, 3.63) is 71.4 Å². The van der Waals surface area contributed by atoms with Gasteiger partial charge in [0.2, 0.25) is 5.52 Å². The molecule has 0 saturated heterocycles. The number of fused-ring (bicyclic) bond motifs is 2. The number of thioether (sulfide) groups is 1. The van der Waals surface area contributed by atoms with Gasteiger partial charge in [-0.1, -0.05) is 36.0 Å². The molecule has 0 radical (unpaired) electrons. The summed E-state index contributed by atoms with van der Waals surface area (Å²) in [6.07, 6.45) is 5.46. The summed E-state index contributed by atoms with van der Waals surface area (Å²) in [5, 5.41) is 2.53. The number of anilines is 1. The largest absolute Gasteiger partial charge is 0.338 e. The molecule has 2 N–H and O–H groups in total. The number of rotatable bonds is 4. The van der Waals surface area contributed by atoms with Crippen LogP contribution in [-0.2, 0) is 6.54 Å². The Morgan fingerprint density at radius 1 is 1.08 bits per heavy atom. The number of aryl methyl sites for hydroxylation is 1. The summed E-state index contributed by atoms with van der Waals surface area (Å²) in [6, 6.07) is 19.4. The van der Waals surface area contributed by atoms with E-state index in [2.05, 4.69) is 83.4 Å². The summed E-state index contributed by atoms with van der Waals surface area (Å²) in [5.41, 5.74) is 9.47. The van der Waals surface area contributed by atoms with E-state index < -0.39 is 0 Å². The number of pyridine rings is 1. The van der Waals surface area contributed by atoms with Gasteiger partial charge in [-0.2, -0.15) is 4.57 Å². The molecular weight excluding hydrogens is 326 g/mol. The SMILES string of the molecule is CN1/C(=C\c2cc[n+](CCCN)c3ccccc23)Sc2ccccc21. The summed E-state index contributed by atoms with van der Waals surface area (Å²) in [7, 11) is 2.14. The first kappa shape index (κ1) is 16.2. The third-order valence-electron chi connectivity index (χ3n) is 4.61. The Balaban J connectivity index is 1.76. The first-order valence-electron chi connectivity index (χ1n) is 8.61. The quantitative estimate of drug-likeness (QED) is 0.723. The molecule has 126 valence electrons. The number of nitrogens with two attached hydrogens (primary N) is 1. The van der Waals surface area contributed by atoms with Crippen molar-refractivity contribution in [3.63, 3.8) is 0 Å². The van der Waals surface area contributed by atoms with Crippen LogP contribution in [0.1, 0.15) is 12.0 Å². The minimum atomic E-state index is 0.715. The summed E-state index contributed by atoms with van der Waals surface area (Å²) in [6.45, 7) is 1.67. The number of hydrogen-bond acceptors (Lipinski definition) is 3. The van der Waals surface area contributed by atoms with Crippen LogP contribution in [0.2, 0.25) is 0 Å². The fourth-order valence-electron chi connectivity index (χ4n) is 3.27. The molecule has 0 spiro atoms. The van der Waals surface area contributed by atoms with Crippen molar-refractivity contribution in [2.75, 3.05) is 18.5 Å². The van der Waals surface area contributed by atoms with E-state index in [-0.39, 0.29) is 0 Å². The third kappa shape index (κ3) is 3.03. The zero-order valence-corrected chi connectivity index (χ0v) is 15.2. The van der Waals surface area contributed by atoms with E-state index in [0.717, 1.165) is 13.0 Å². The smallest absolute Gasteiger partial charge is 0.213 e. The van der Waals surface area contributed by atoms with Crippen molar-refractivity contribution in [1.29, 1.82) is 0 Å². The van der Waals surface area contributed by atoms with E-state index in [1.165, 1.54) is 32.1 Å². The lowest BCUT2D eigenvalue weighted by Gasteiger charge is -2.13. The van der Waals surface area contributed by atoms with Crippen LogP contribution in [0, 0.1) is 0 Å². The molecule has 2 heterocycles. The summed E-state index contributed by atoms with van der Waals surface area (Å²) in [4.78, 5) is 3.58. The lowest BCUT2D eigenvalue weighted by molar-refractivity contribution is -0.671. The van der Waals surface area contributed by atoms with Crippen LogP contribution in [0.5, 0.6) is 0 Å². The number of para-hydroxylation sites is 2. The van der Waals surface area contributed by atoms with Gasteiger partial charge in [-0.25, -0.2) is 0 Å². The molecule has 25 heavy (non-hydrogen) atoms. The summed E-state index contributed by atoms with van der Waals surface area (Å²) >= 11 is 1.83. The van der Waals surface area contributed by atoms with Gasteiger partial charge in [0.25, 0.3) is 0 Å². The molecule has 3 aromatic rings. The molecule has 1 aromatic heterocycles. The second-order valence-corrected chi connectivity index (χ2v) is 7.30. The minimum absolute atomic E-state index is 0.715. The fourth-order valence-corrected chi connectivity index (χ4v) is 4.37. The molecule has 0 unspecified atom stereocenters. The van der Waals surface area contributed by atoms with E-state index in [1.54, 1.807) is 0 Å². The standard InChI is InChI=1S/C21H22N3S/c1-23-19-9-4-5-10-20(19)25-21(23)15-16-11-14-24(13-6-12-22)18-8-3-2-7-17(16)18/h2-5,7-11,14-15H,6,12-13,22H2,1H3/q+1. The number of nitrogens with zero attached hydrogens (tertiary/aromatic N) is 2. The van der Waals surface area contributed by atoms with Crippen molar-refractivity contribution >= 4 is 34.4 Å². The number of benzene rings is 2. The van der Waals surface area contributed by atoms with Crippen molar-refractivity contribution < 1.29 is 4.57 Å². The number of hydrogen-bond donors (Lipinski definition) is 1. The van der Waals surface area contributed by atoms with Gasteiger partial charge in [-0.15, -0.1) is 0 Å². The van der Waals surface area contributed by atoms with Crippen LogP contribution in [0.15, 0.2) is 70.7 Å². The van der Waals surface area contributed by atoms with E-state index in [0.29, 0.717) is 6.54 Å². The van der Waals surface area contributed by atoms with Crippen LogP contribution in [0.4, 0.5) is 5.69 Å². The van der Waals surface area contributed by atoms with Crippen LogP contribution in [-0.4, -0.2) is 13.6 Å². The highest BCUT2D eigenvalue weighted by Crippen LogP contribution is 2.45. The molecule has 4 rings (SSSR count). The van der Waals surface area contributed by atoms with Crippen molar-refractivity contribution in [2.45, 2.75) is 17.9 Å². The first-order valence-corrected chi connectivity index (χ1v) is 9.43. The van der Waals surface area contributed by atoms with E-state index in [4.69, 9.17) is 5.73 Å². The molecule has 2 aromatic carbocycles. The highest BCUT2D eigenvalue weighted by molar-refractivity contribution is 8.03. The molecule has 0 atom stereocenters. The first-order chi connectivity index (χ1) is 12.3. The Kier molecular flexibility index (Phi) is 4.47. The Morgan fingerprint density at radius 2 is 1.88 bits per heavy atom. The topological polar surface area (TPSA) is 33.1 Å². The molecular formula is C21H22N3S+. The van der Waals surface area contributed by atoms with Gasteiger partial charge in [0.1, 0.15) is 6.54 Å². The van der Waals surface area contributed by atoms with Crippen LogP contribution >= 0.6 is 11.8 Å². The van der Waals surface area contributed by atoms with Gasteiger partial charge < -0.3 is 10.6 Å². The van der Waals surface area contributed by atoms with Gasteiger partial charge in [0.15, 0.2) is 6.20 Å². The Hall–Kier alpha value is -2.30. The zero-order valence-electron chi connectivity index (χ0n) is 14.4. The second-order valence-electron chi connectivity index (χ2n) is 6.24. The predicted octanol–water partition coefficient (Wildman–Crippen LogP) is 4.02. The molecule has 0 bridgehead atoms. The maximum absolute atomic E-state index is 5.69. The van der Waals surface area contributed by atoms with Gasteiger partial charge in [-0.05, 0) is 36.4 Å². The molecule has 0 saturated carbocycles. The maximum Gasteiger partial charge on any atom is 0.213 e. The highest BCUT2D eigenvalue weighted by Gasteiger charge is 2.22. The molecule has 0 aliphatic carbocycles. The molecule has 3 nitrogen and oxygen atoms in total. The Labute approximate surface area is 152 Å². The number of aromatic nitrogens is 1. The third-order valence-corrected chi connectivity index (χ3v) is 5.78. The lowest BCUT2D eigenvalue weighted by atomic mass is 10.1. The Bertz CT molecular complexity index is 949. The minimum Gasteiger partial charge on any atom is -0.338 e. The summed E-state index contributed by atoms with van der Waals surface area (Å²) < 4.78 is 2.30. The Morgan fingerprint density at radius 3 is 2.72 bits per heavy atom. The van der Waals surface area contributed by atoms with E-state index >= 15 is 0 Å². The monoisotopic (exact) mass is 348 g/mol. The van der Waals surface area contributed by atoms with Gasteiger partial charge in [0, 0.05) is 30.5 Å². The van der Waals surface area contributed by atoms with Crippen molar-refractivity contribution in [2.24, 2.45) is 5.73 Å². The normalized spacial score (nSPS) is 15.1. The van der Waals surface area contributed by atoms with Crippen molar-refractivity contribution in [3.8, 4) is 0 Å². The molecule has 1 aliphatic rings. The van der Waals surface area contributed by atoms with Gasteiger partial charge >= 0.3 is 0 Å². The van der Waals surface area contributed by atoms with Gasteiger partial charge in [0.05, 0.1) is 16.1 Å². The zero-order chi connectivity index (χ0) is 17.2. The lowest BCUT2D eigenvalue weighted by Crippen LogP contribution is -2.35. The van der Waals surface area contributed by atoms with Crippen LogP contribution in [0.25, 0.3) is 17.0 Å². The second kappa shape index (κ2) is 6.90. The van der Waals surface area contributed by atoms with E-state index in [9.17, 15) is 0 Å². The summed E-state index contributed by atoms with van der Waals surface area (Å²) in [5.74, 6) is 0. The average molecular weight is 348 g/mol. The highest BCUT2D eigenvalue weighted by atomic mass is 32.2. The fraction of sp³-hybridized carbons (Fsp3) is 0.190. The maximum atomic E-state index is 5.69. The molecule has 4 heteroatoms. The molecule has 0 fully saturated rings.